The maximum atomic E-state index is 12.5. The minimum Gasteiger partial charge on any atom is -0.395 e. The molecule has 1 amide bonds. The molecule has 0 aromatic carbocycles. The molecule has 4 nitrogen and oxygen atoms in total. The van der Waals surface area contributed by atoms with Gasteiger partial charge in [-0.3, -0.25) is 9.69 Å². The van der Waals surface area contributed by atoms with Gasteiger partial charge in [0.1, 0.15) is 0 Å². The summed E-state index contributed by atoms with van der Waals surface area (Å²) < 4.78 is 0. The van der Waals surface area contributed by atoms with E-state index in [9.17, 15) is 4.79 Å². The predicted octanol–water partition coefficient (Wildman–Crippen LogP) is 1.65. The molecule has 2 rings (SSSR count). The third-order valence-electron chi connectivity index (χ3n) is 3.72. The van der Waals surface area contributed by atoms with Gasteiger partial charge in [-0.2, -0.15) is 0 Å². The average Bonchev–Trinajstić information content (AvgIpc) is 2.95. The van der Waals surface area contributed by atoms with Gasteiger partial charge in [-0.05, 0) is 25.6 Å². The molecule has 0 bridgehead atoms. The van der Waals surface area contributed by atoms with E-state index in [0.29, 0.717) is 12.5 Å². The van der Waals surface area contributed by atoms with Crippen LogP contribution in [-0.4, -0.2) is 59.6 Å². The van der Waals surface area contributed by atoms with Gasteiger partial charge in [0.25, 0.3) is 5.91 Å². The molecule has 0 radical (unpaired) electrons. The van der Waals surface area contributed by atoms with Crippen LogP contribution in [0.25, 0.3) is 0 Å². The normalized spacial score (nSPS) is 19.2. The molecule has 1 aromatic rings. The van der Waals surface area contributed by atoms with Gasteiger partial charge in [-0.25, -0.2) is 0 Å². The van der Waals surface area contributed by atoms with Crippen molar-refractivity contribution in [2.45, 2.75) is 26.3 Å². The van der Waals surface area contributed by atoms with Crippen LogP contribution in [0, 0.1) is 11.8 Å². The Kier molecular flexibility index (Phi) is 5.80. The van der Waals surface area contributed by atoms with Gasteiger partial charge in [0.15, 0.2) is 0 Å². The number of amides is 1. The number of aliphatic hydroxyl groups excluding tert-OH is 1. The van der Waals surface area contributed by atoms with Gasteiger partial charge in [0.05, 0.1) is 16.4 Å². The first kappa shape index (κ1) is 16.0. The van der Waals surface area contributed by atoms with Gasteiger partial charge in [-0.15, -0.1) is 11.3 Å². The minimum atomic E-state index is 0.0732. The highest BCUT2D eigenvalue weighted by Crippen LogP contribution is 2.19. The highest BCUT2D eigenvalue weighted by molar-refractivity contribution is 7.14. The Morgan fingerprint density at radius 3 is 2.95 bits per heavy atom. The zero-order valence-corrected chi connectivity index (χ0v) is 13.4. The largest absolute Gasteiger partial charge is 0.395 e. The van der Waals surface area contributed by atoms with Crippen LogP contribution in [0.15, 0.2) is 12.1 Å². The Balaban J connectivity index is 1.99. The third kappa shape index (κ3) is 4.07. The second kappa shape index (κ2) is 7.60. The quantitative estimate of drug-likeness (QED) is 0.864. The summed E-state index contributed by atoms with van der Waals surface area (Å²) in [7, 11) is 0. The van der Waals surface area contributed by atoms with Crippen molar-refractivity contribution in [3.05, 3.63) is 21.9 Å². The molecule has 0 spiro atoms. The smallest absolute Gasteiger partial charge is 0.264 e. The Hall–Kier alpha value is -1.35. The molecule has 2 heterocycles. The maximum Gasteiger partial charge on any atom is 0.264 e. The SMILES string of the molecule is CCN1CCN(C(=O)c2ccc(C#CCCO)s2)CC1C. The summed E-state index contributed by atoms with van der Waals surface area (Å²) >= 11 is 1.43. The third-order valence-corrected chi connectivity index (χ3v) is 4.71. The second-order valence-corrected chi connectivity index (χ2v) is 6.25. The molecule has 21 heavy (non-hydrogen) atoms. The molecule has 1 aliphatic rings. The molecule has 0 aliphatic carbocycles. The topological polar surface area (TPSA) is 43.8 Å². The summed E-state index contributed by atoms with van der Waals surface area (Å²) in [6.45, 7) is 7.96. The average molecular weight is 306 g/mol. The lowest BCUT2D eigenvalue weighted by Gasteiger charge is -2.39. The fourth-order valence-corrected chi connectivity index (χ4v) is 3.38. The number of aliphatic hydroxyl groups is 1. The number of carbonyl (C=O) groups is 1. The molecule has 0 saturated carbocycles. The Morgan fingerprint density at radius 2 is 2.29 bits per heavy atom. The monoisotopic (exact) mass is 306 g/mol. The predicted molar refractivity (Wildman–Crippen MR) is 85.5 cm³/mol. The summed E-state index contributed by atoms with van der Waals surface area (Å²) in [6.07, 6.45) is 0.470. The van der Waals surface area contributed by atoms with Crippen molar-refractivity contribution in [1.29, 1.82) is 0 Å². The Morgan fingerprint density at radius 1 is 1.48 bits per heavy atom. The van der Waals surface area contributed by atoms with E-state index in [1.54, 1.807) is 0 Å². The summed E-state index contributed by atoms with van der Waals surface area (Å²) in [5.74, 6) is 5.97. The number of carbonyl (C=O) groups excluding carboxylic acids is 1. The molecule has 114 valence electrons. The van der Waals surface area contributed by atoms with Crippen LogP contribution in [-0.2, 0) is 0 Å². The summed E-state index contributed by atoms with van der Waals surface area (Å²) in [4.78, 5) is 18.5. The zero-order chi connectivity index (χ0) is 15.2. The van der Waals surface area contributed by atoms with E-state index in [2.05, 4.69) is 30.6 Å². The number of rotatable bonds is 3. The molecule has 5 heteroatoms. The van der Waals surface area contributed by atoms with Crippen molar-refractivity contribution >= 4 is 17.2 Å². The summed E-state index contributed by atoms with van der Waals surface area (Å²) in [5.41, 5.74) is 0. The molecule has 1 N–H and O–H groups in total. The van der Waals surface area contributed by atoms with Crippen molar-refractivity contribution in [3.8, 4) is 11.8 Å². The van der Waals surface area contributed by atoms with Gasteiger partial charge in [0, 0.05) is 32.1 Å². The van der Waals surface area contributed by atoms with Crippen molar-refractivity contribution in [3.63, 3.8) is 0 Å². The van der Waals surface area contributed by atoms with Gasteiger partial charge >= 0.3 is 0 Å². The molecular weight excluding hydrogens is 284 g/mol. The molecule has 1 saturated heterocycles. The maximum absolute atomic E-state index is 12.5. The molecule has 1 aromatic heterocycles. The Bertz CT molecular complexity index is 544. The van der Waals surface area contributed by atoms with E-state index in [4.69, 9.17) is 5.11 Å². The first-order valence-corrected chi connectivity index (χ1v) is 8.20. The van der Waals surface area contributed by atoms with Crippen molar-refractivity contribution in [1.82, 2.24) is 9.80 Å². The van der Waals surface area contributed by atoms with Crippen molar-refractivity contribution < 1.29 is 9.90 Å². The van der Waals surface area contributed by atoms with Crippen LogP contribution in [0.2, 0.25) is 0 Å². The molecule has 1 atom stereocenters. The Labute approximate surface area is 130 Å². The van der Waals surface area contributed by atoms with Crippen LogP contribution < -0.4 is 0 Å². The van der Waals surface area contributed by atoms with Crippen LogP contribution >= 0.6 is 11.3 Å². The minimum absolute atomic E-state index is 0.0732. The lowest BCUT2D eigenvalue weighted by atomic mass is 10.2. The lowest BCUT2D eigenvalue weighted by molar-refractivity contribution is 0.0533. The number of likely N-dealkylation sites (N-methyl/N-ethyl adjacent to an activating group) is 1. The molecule has 1 unspecified atom stereocenters. The van der Waals surface area contributed by atoms with Crippen LogP contribution in [0.5, 0.6) is 0 Å². The molecular formula is C16H22N2O2S. The van der Waals surface area contributed by atoms with E-state index >= 15 is 0 Å². The zero-order valence-electron chi connectivity index (χ0n) is 12.6. The highest BCUT2D eigenvalue weighted by Gasteiger charge is 2.26. The first-order valence-electron chi connectivity index (χ1n) is 7.38. The van der Waals surface area contributed by atoms with Crippen LogP contribution in [0.3, 0.4) is 0 Å². The summed E-state index contributed by atoms with van der Waals surface area (Å²) in [6, 6.07) is 4.15. The van der Waals surface area contributed by atoms with E-state index in [-0.39, 0.29) is 12.5 Å². The molecule has 1 fully saturated rings. The van der Waals surface area contributed by atoms with E-state index < -0.39 is 0 Å². The van der Waals surface area contributed by atoms with Gasteiger partial charge in [-0.1, -0.05) is 18.8 Å². The van der Waals surface area contributed by atoms with Crippen LogP contribution in [0.1, 0.15) is 34.8 Å². The molecule has 1 aliphatic heterocycles. The van der Waals surface area contributed by atoms with Crippen molar-refractivity contribution in [2.75, 3.05) is 32.8 Å². The number of piperazine rings is 1. The van der Waals surface area contributed by atoms with Crippen molar-refractivity contribution in [2.24, 2.45) is 0 Å². The number of nitrogens with zero attached hydrogens (tertiary/aromatic N) is 2. The highest BCUT2D eigenvalue weighted by atomic mass is 32.1. The van der Waals surface area contributed by atoms with E-state index in [1.165, 1.54) is 11.3 Å². The first-order chi connectivity index (χ1) is 10.2. The number of hydrogen-bond acceptors (Lipinski definition) is 4. The van der Waals surface area contributed by atoms with E-state index in [1.807, 2.05) is 17.0 Å². The number of hydrogen-bond donors (Lipinski definition) is 1. The number of thiophene rings is 1. The standard InChI is InChI=1S/C16H22N2O2S/c1-3-17-9-10-18(12-13(17)2)16(20)15-8-7-14(21-15)6-4-5-11-19/h7-8,13,19H,3,5,9-12H2,1-2H3. The van der Waals surface area contributed by atoms with Gasteiger partial charge < -0.3 is 10.0 Å². The van der Waals surface area contributed by atoms with Gasteiger partial charge in [0.2, 0.25) is 0 Å². The summed E-state index contributed by atoms with van der Waals surface area (Å²) in [5, 5.41) is 8.71. The second-order valence-electron chi connectivity index (χ2n) is 5.17. The fourth-order valence-electron chi connectivity index (χ4n) is 2.53. The van der Waals surface area contributed by atoms with E-state index in [0.717, 1.165) is 35.9 Å². The fraction of sp³-hybridized carbons (Fsp3) is 0.562. The van der Waals surface area contributed by atoms with Crippen LogP contribution in [0.4, 0.5) is 0 Å². The lowest BCUT2D eigenvalue weighted by Crippen LogP contribution is -2.53.